The van der Waals surface area contributed by atoms with Crippen molar-refractivity contribution in [3.63, 3.8) is 0 Å². The number of aliphatic imine (C=N–C) groups is 2. The van der Waals surface area contributed by atoms with Crippen LogP contribution in [-0.2, 0) is 19.5 Å². The highest BCUT2D eigenvalue weighted by Crippen LogP contribution is 2.26. The molecule has 0 fully saturated rings. The van der Waals surface area contributed by atoms with E-state index >= 15 is 0 Å². The van der Waals surface area contributed by atoms with E-state index in [1.54, 1.807) is 0 Å². The van der Waals surface area contributed by atoms with Crippen molar-refractivity contribution in [2.75, 3.05) is 0 Å². The van der Waals surface area contributed by atoms with Crippen LogP contribution in [0.1, 0.15) is 33.9 Å². The molecule has 0 amide bonds. The van der Waals surface area contributed by atoms with Crippen molar-refractivity contribution >= 4 is 45.1 Å². The number of rotatable bonds is 4. The molecular formula is C31H24N8. The number of H-pyrrole nitrogens is 2. The molecule has 8 heteroatoms. The molecule has 0 aliphatic carbocycles. The summed E-state index contributed by atoms with van der Waals surface area (Å²) in [6, 6.07) is 28.9. The molecule has 0 spiro atoms. The summed E-state index contributed by atoms with van der Waals surface area (Å²) in [6.07, 6.45) is 0.577. The number of imidazole rings is 2. The van der Waals surface area contributed by atoms with E-state index in [0.717, 1.165) is 81.0 Å². The Balaban J connectivity index is 1.06. The summed E-state index contributed by atoms with van der Waals surface area (Å²) in [6.45, 7) is 1.53. The first-order valence-corrected chi connectivity index (χ1v) is 13.0. The van der Waals surface area contributed by atoms with Gasteiger partial charge in [0.05, 0.1) is 39.9 Å². The van der Waals surface area contributed by atoms with Crippen LogP contribution >= 0.6 is 0 Å². The molecule has 4 aromatic carbocycles. The fourth-order valence-electron chi connectivity index (χ4n) is 5.29. The van der Waals surface area contributed by atoms with E-state index < -0.39 is 0 Å². The fraction of sp³-hybridized carbons (Fsp3) is 0.0968. The topological polar surface area (TPSA) is 106 Å². The lowest BCUT2D eigenvalue weighted by atomic mass is 10.1. The summed E-state index contributed by atoms with van der Waals surface area (Å²) in [5.41, 5.74) is 10.3. The minimum absolute atomic E-state index is 0.577. The molecule has 4 N–H and O–H groups in total. The number of benzene rings is 4. The van der Waals surface area contributed by atoms with Gasteiger partial charge >= 0.3 is 0 Å². The number of fused-ring (bicyclic) bond motifs is 4. The average Bonchev–Trinajstić information content (AvgIpc) is 3.58. The van der Waals surface area contributed by atoms with Crippen LogP contribution in [0.25, 0.3) is 22.1 Å². The summed E-state index contributed by atoms with van der Waals surface area (Å²) in [5, 5.41) is 6.87. The highest BCUT2D eigenvalue weighted by atomic mass is 15.0. The van der Waals surface area contributed by atoms with Crippen molar-refractivity contribution in [3.8, 4) is 0 Å². The molecule has 0 radical (unpaired) electrons. The first-order chi connectivity index (χ1) is 19.2. The van der Waals surface area contributed by atoms with Gasteiger partial charge in [-0.25, -0.2) is 20.0 Å². The predicted octanol–water partition coefficient (Wildman–Crippen LogP) is 5.39. The van der Waals surface area contributed by atoms with Gasteiger partial charge in [0.15, 0.2) is 0 Å². The highest BCUT2D eigenvalue weighted by Gasteiger charge is 2.16. The molecule has 0 atom stereocenters. The average molecular weight is 509 g/mol. The molecular weight excluding hydrogens is 484 g/mol. The first kappa shape index (κ1) is 21.8. The molecule has 39 heavy (non-hydrogen) atoms. The number of para-hydroxylation sites is 2. The quantitative estimate of drug-likeness (QED) is 0.256. The molecule has 2 aliphatic heterocycles. The second kappa shape index (κ2) is 8.66. The maximum atomic E-state index is 4.86. The first-order valence-electron chi connectivity index (χ1n) is 13.0. The zero-order chi connectivity index (χ0) is 25.8. The second-order valence-electron chi connectivity index (χ2n) is 9.89. The Labute approximate surface area is 224 Å². The van der Waals surface area contributed by atoms with Gasteiger partial charge in [0, 0.05) is 24.2 Å². The number of aromatic nitrogens is 4. The normalized spacial score (nSPS) is 14.3. The molecule has 6 aromatic rings. The second-order valence-corrected chi connectivity index (χ2v) is 9.89. The minimum atomic E-state index is 0.577. The number of amidine groups is 2. The Bertz CT molecular complexity index is 1820. The Hall–Kier alpha value is -5.24. The zero-order valence-electron chi connectivity index (χ0n) is 21.0. The Kier molecular flexibility index (Phi) is 4.84. The SMILES string of the molecule is c1ccc2c(c1)CNC(c1ccc3[nH]c(Cc4nc5cc(C6=Nc7ccccc7CN6)ccc5[nH]4)nc3c1)=N2. The van der Waals surface area contributed by atoms with Crippen LogP contribution in [0.3, 0.4) is 0 Å². The lowest BCUT2D eigenvalue weighted by molar-refractivity contribution is 0.893. The zero-order valence-corrected chi connectivity index (χ0v) is 21.0. The molecule has 4 heterocycles. The Morgan fingerprint density at radius 3 is 1.56 bits per heavy atom. The number of nitrogens with zero attached hydrogens (tertiary/aromatic N) is 4. The van der Waals surface area contributed by atoms with Crippen LogP contribution in [-0.4, -0.2) is 31.6 Å². The van der Waals surface area contributed by atoms with Gasteiger partial charge in [-0.15, -0.1) is 0 Å². The van der Waals surface area contributed by atoms with E-state index in [-0.39, 0.29) is 0 Å². The Morgan fingerprint density at radius 1 is 0.564 bits per heavy atom. The lowest BCUT2D eigenvalue weighted by Gasteiger charge is -2.17. The molecule has 0 saturated heterocycles. The van der Waals surface area contributed by atoms with Gasteiger partial charge < -0.3 is 20.6 Å². The lowest BCUT2D eigenvalue weighted by Crippen LogP contribution is -2.26. The summed E-state index contributed by atoms with van der Waals surface area (Å²) < 4.78 is 0. The Morgan fingerprint density at radius 2 is 1.05 bits per heavy atom. The van der Waals surface area contributed by atoms with E-state index in [1.807, 2.05) is 24.3 Å². The number of hydrogen-bond donors (Lipinski definition) is 4. The van der Waals surface area contributed by atoms with Crippen LogP contribution in [0, 0.1) is 0 Å². The van der Waals surface area contributed by atoms with E-state index in [0.29, 0.717) is 6.42 Å². The van der Waals surface area contributed by atoms with Crippen LogP contribution < -0.4 is 10.6 Å². The number of nitrogens with one attached hydrogen (secondary N) is 4. The molecule has 0 saturated carbocycles. The highest BCUT2D eigenvalue weighted by molar-refractivity contribution is 6.04. The van der Waals surface area contributed by atoms with Crippen molar-refractivity contribution in [1.29, 1.82) is 0 Å². The molecule has 8 nitrogen and oxygen atoms in total. The maximum Gasteiger partial charge on any atom is 0.134 e. The molecule has 0 bridgehead atoms. The minimum Gasteiger partial charge on any atom is -0.365 e. The van der Waals surface area contributed by atoms with Gasteiger partial charge in [-0.1, -0.05) is 36.4 Å². The predicted molar refractivity (Wildman–Crippen MR) is 154 cm³/mol. The van der Waals surface area contributed by atoms with Crippen LogP contribution in [0.4, 0.5) is 11.4 Å². The number of aromatic amines is 2. The third-order valence-corrected chi connectivity index (χ3v) is 7.29. The van der Waals surface area contributed by atoms with Crippen molar-refractivity contribution in [2.24, 2.45) is 9.98 Å². The molecule has 2 aliphatic rings. The van der Waals surface area contributed by atoms with Gasteiger partial charge in [-0.3, -0.25) is 0 Å². The third kappa shape index (κ3) is 3.93. The molecule has 8 rings (SSSR count). The molecule has 188 valence electrons. The fourth-order valence-corrected chi connectivity index (χ4v) is 5.29. The van der Waals surface area contributed by atoms with Crippen LogP contribution in [0.2, 0.25) is 0 Å². The van der Waals surface area contributed by atoms with E-state index in [2.05, 4.69) is 81.3 Å². The van der Waals surface area contributed by atoms with E-state index in [4.69, 9.17) is 20.0 Å². The van der Waals surface area contributed by atoms with Crippen molar-refractivity contribution in [3.05, 3.63) is 119 Å². The third-order valence-electron chi connectivity index (χ3n) is 7.29. The summed E-state index contributed by atoms with van der Waals surface area (Å²) in [4.78, 5) is 26.2. The van der Waals surface area contributed by atoms with E-state index in [1.165, 1.54) is 11.1 Å². The van der Waals surface area contributed by atoms with Crippen LogP contribution in [0.15, 0.2) is 94.9 Å². The monoisotopic (exact) mass is 508 g/mol. The summed E-state index contributed by atoms with van der Waals surface area (Å²) >= 11 is 0. The maximum absolute atomic E-state index is 4.86. The summed E-state index contributed by atoms with van der Waals surface area (Å²) in [5.74, 6) is 3.46. The largest absolute Gasteiger partial charge is 0.365 e. The van der Waals surface area contributed by atoms with E-state index in [9.17, 15) is 0 Å². The van der Waals surface area contributed by atoms with Crippen molar-refractivity contribution in [1.82, 2.24) is 30.6 Å². The van der Waals surface area contributed by atoms with Gasteiger partial charge in [0.2, 0.25) is 0 Å². The standard InChI is InChI=1S/C31H24N8/c1-3-7-22-20(5-1)16-32-30(38-22)18-9-11-24-26(13-18)36-28(34-24)15-29-35-25-12-10-19(14-27(25)37-29)31-33-17-21-6-2-4-8-23(21)39-31/h1-14H,15-17H2,(H,32,38)(H,33,39)(H,34,36)(H,35,37). The van der Waals surface area contributed by atoms with Gasteiger partial charge in [0.25, 0.3) is 0 Å². The number of hydrogen-bond acceptors (Lipinski definition) is 6. The van der Waals surface area contributed by atoms with Gasteiger partial charge in [-0.2, -0.15) is 0 Å². The summed E-state index contributed by atoms with van der Waals surface area (Å²) in [7, 11) is 0. The van der Waals surface area contributed by atoms with Crippen molar-refractivity contribution < 1.29 is 0 Å². The smallest absolute Gasteiger partial charge is 0.134 e. The van der Waals surface area contributed by atoms with Crippen LogP contribution in [0.5, 0.6) is 0 Å². The van der Waals surface area contributed by atoms with Gasteiger partial charge in [0.1, 0.15) is 23.3 Å². The van der Waals surface area contributed by atoms with Crippen molar-refractivity contribution in [2.45, 2.75) is 19.5 Å². The van der Waals surface area contributed by atoms with Gasteiger partial charge in [-0.05, 0) is 59.7 Å². The molecule has 2 aromatic heterocycles. The molecule has 0 unspecified atom stereocenters.